The van der Waals surface area contributed by atoms with Crippen LogP contribution in [0.3, 0.4) is 0 Å². The van der Waals surface area contributed by atoms with Gasteiger partial charge in [-0.3, -0.25) is 0 Å². The molecule has 1 aliphatic carbocycles. The highest BCUT2D eigenvalue weighted by molar-refractivity contribution is 7.26. The minimum atomic E-state index is -0.589. The fourth-order valence-electron chi connectivity index (χ4n) is 11.2. The lowest BCUT2D eigenvalue weighted by Crippen LogP contribution is -2.32. The molecule has 0 radical (unpaired) electrons. The van der Waals surface area contributed by atoms with Gasteiger partial charge in [-0.15, -0.1) is 11.3 Å². The summed E-state index contributed by atoms with van der Waals surface area (Å²) in [7, 11) is 0. The van der Waals surface area contributed by atoms with Crippen molar-refractivity contribution in [1.82, 2.24) is 4.98 Å². The Morgan fingerprint density at radius 1 is 0.418 bits per heavy atom. The molecule has 0 bridgehead atoms. The smallest absolute Gasteiger partial charge is 0.181 e. The van der Waals surface area contributed by atoms with Gasteiger partial charge in [0.1, 0.15) is 17.0 Å². The highest BCUT2D eigenvalue weighted by Gasteiger charge is 2.51. The van der Waals surface area contributed by atoms with E-state index >= 15 is 0 Å². The first-order valence-electron chi connectivity index (χ1n) is 22.8. The molecule has 10 aromatic carbocycles. The van der Waals surface area contributed by atoms with Crippen LogP contribution < -0.4 is 4.74 Å². The summed E-state index contributed by atoms with van der Waals surface area (Å²) in [6.45, 7) is 0. The number of ether oxygens (including phenoxy) is 1. The molecular formula is C63H39NO2S. The van der Waals surface area contributed by atoms with Gasteiger partial charge in [-0.25, -0.2) is 4.98 Å². The van der Waals surface area contributed by atoms with Gasteiger partial charge in [0.25, 0.3) is 0 Å². The maximum atomic E-state index is 7.17. The van der Waals surface area contributed by atoms with Crippen LogP contribution in [0.5, 0.6) is 11.5 Å². The van der Waals surface area contributed by atoms with Crippen LogP contribution in [0.2, 0.25) is 0 Å². The molecule has 3 nitrogen and oxygen atoms in total. The van der Waals surface area contributed by atoms with E-state index in [0.717, 1.165) is 50.4 Å². The van der Waals surface area contributed by atoms with Gasteiger partial charge in [0, 0.05) is 37.2 Å². The number of oxazole rings is 1. The van der Waals surface area contributed by atoms with Crippen molar-refractivity contribution in [3.05, 3.63) is 270 Å². The van der Waals surface area contributed by atoms with Crippen molar-refractivity contribution in [3.8, 4) is 56.0 Å². The van der Waals surface area contributed by atoms with Crippen LogP contribution >= 0.6 is 11.3 Å². The molecule has 314 valence electrons. The third-order valence-electron chi connectivity index (χ3n) is 14.2. The van der Waals surface area contributed by atoms with Gasteiger partial charge in [0.15, 0.2) is 12.0 Å². The molecule has 0 saturated heterocycles. The Hall–Kier alpha value is -8.31. The zero-order valence-electron chi connectivity index (χ0n) is 36.2. The summed E-state index contributed by atoms with van der Waals surface area (Å²) in [4.78, 5) is 4.43. The van der Waals surface area contributed by atoms with E-state index < -0.39 is 5.41 Å². The number of fused-ring (bicyclic) bond motifs is 13. The number of nitrogens with zero attached hydrogens (tertiary/aromatic N) is 1. The Bertz CT molecular complexity index is 3910. The van der Waals surface area contributed by atoms with Crippen molar-refractivity contribution in [2.24, 2.45) is 0 Å². The molecule has 1 spiro atoms. The highest BCUT2D eigenvalue weighted by atomic mass is 32.1. The fourth-order valence-corrected chi connectivity index (χ4v) is 12.5. The molecule has 14 rings (SSSR count). The SMILES string of the molecule is c1ccc(-c2ccc(C(c3ccc4c(c3)Oc3ccccc3C43c4ccccc4-c4cc(-c5ccccc5)ccc43)c3cc(-c4ccc5ncoc5c4)cc4c3sc3ccccc34)cc2)cc1. The molecule has 2 unspecified atom stereocenters. The van der Waals surface area contributed by atoms with Gasteiger partial charge < -0.3 is 9.15 Å². The predicted octanol–water partition coefficient (Wildman–Crippen LogP) is 16.8. The molecular weight excluding hydrogens is 835 g/mol. The Labute approximate surface area is 391 Å². The second-order valence-corrected chi connectivity index (χ2v) is 18.8. The van der Waals surface area contributed by atoms with E-state index in [1.807, 2.05) is 11.3 Å². The Kier molecular flexibility index (Phi) is 8.43. The van der Waals surface area contributed by atoms with Crippen molar-refractivity contribution in [2.75, 3.05) is 0 Å². The van der Waals surface area contributed by atoms with Crippen LogP contribution in [0.4, 0.5) is 0 Å². The molecule has 67 heavy (non-hydrogen) atoms. The van der Waals surface area contributed by atoms with Crippen LogP contribution in [-0.2, 0) is 5.41 Å². The van der Waals surface area contributed by atoms with Crippen LogP contribution in [0.15, 0.2) is 235 Å². The normalized spacial score (nSPS) is 15.0. The number of benzene rings is 10. The lowest BCUT2D eigenvalue weighted by atomic mass is 9.65. The lowest BCUT2D eigenvalue weighted by molar-refractivity contribution is 0.435. The zero-order valence-corrected chi connectivity index (χ0v) is 37.0. The topological polar surface area (TPSA) is 35.3 Å². The van der Waals surface area contributed by atoms with Gasteiger partial charge in [-0.1, -0.05) is 176 Å². The fraction of sp³-hybridized carbons (Fsp3) is 0.0317. The number of thiophene rings is 1. The second-order valence-electron chi connectivity index (χ2n) is 17.8. The highest BCUT2D eigenvalue weighted by Crippen LogP contribution is 2.63. The summed E-state index contributed by atoms with van der Waals surface area (Å²) in [6, 6.07) is 82.2. The molecule has 2 aromatic heterocycles. The van der Waals surface area contributed by atoms with Gasteiger partial charge >= 0.3 is 0 Å². The number of aromatic nitrogens is 1. The van der Waals surface area contributed by atoms with E-state index in [1.54, 1.807) is 0 Å². The van der Waals surface area contributed by atoms with Crippen LogP contribution in [-0.4, -0.2) is 4.98 Å². The lowest BCUT2D eigenvalue weighted by Gasteiger charge is -2.39. The molecule has 2 atom stereocenters. The molecule has 0 N–H and O–H groups in total. The second kappa shape index (κ2) is 14.9. The van der Waals surface area contributed by atoms with Gasteiger partial charge in [-0.05, 0) is 121 Å². The van der Waals surface area contributed by atoms with E-state index in [1.165, 1.54) is 82.2 Å². The first-order valence-corrected chi connectivity index (χ1v) is 23.7. The minimum Gasteiger partial charge on any atom is -0.457 e. The summed E-state index contributed by atoms with van der Waals surface area (Å²) in [5.41, 5.74) is 19.0. The maximum absolute atomic E-state index is 7.17. The molecule has 0 saturated carbocycles. The largest absolute Gasteiger partial charge is 0.457 e. The molecule has 2 aliphatic rings. The zero-order chi connectivity index (χ0) is 44.1. The van der Waals surface area contributed by atoms with E-state index in [4.69, 9.17) is 9.15 Å². The average molecular weight is 874 g/mol. The van der Waals surface area contributed by atoms with Gasteiger partial charge in [0.05, 0.1) is 5.41 Å². The van der Waals surface area contributed by atoms with Crippen molar-refractivity contribution in [2.45, 2.75) is 11.3 Å². The quantitative estimate of drug-likeness (QED) is 0.156. The maximum Gasteiger partial charge on any atom is 0.181 e. The Balaban J connectivity index is 1.02. The number of para-hydroxylation sites is 1. The first kappa shape index (κ1) is 38.0. The third-order valence-corrected chi connectivity index (χ3v) is 15.5. The van der Waals surface area contributed by atoms with Crippen LogP contribution in [0, 0.1) is 0 Å². The summed E-state index contributed by atoms with van der Waals surface area (Å²) in [5.74, 6) is 1.60. The van der Waals surface area contributed by atoms with Crippen molar-refractivity contribution >= 4 is 42.6 Å². The summed E-state index contributed by atoms with van der Waals surface area (Å²) in [5, 5.41) is 2.50. The monoisotopic (exact) mass is 873 g/mol. The van der Waals surface area contributed by atoms with Gasteiger partial charge in [0.2, 0.25) is 0 Å². The van der Waals surface area contributed by atoms with Gasteiger partial charge in [-0.2, -0.15) is 0 Å². The Morgan fingerprint density at radius 3 is 1.90 bits per heavy atom. The molecule has 4 heteroatoms. The Morgan fingerprint density at radius 2 is 1.04 bits per heavy atom. The first-order chi connectivity index (χ1) is 33.2. The van der Waals surface area contributed by atoms with Crippen molar-refractivity contribution in [3.63, 3.8) is 0 Å². The molecule has 12 aromatic rings. The third kappa shape index (κ3) is 5.80. The predicted molar refractivity (Wildman–Crippen MR) is 274 cm³/mol. The molecule has 1 aliphatic heterocycles. The average Bonchev–Trinajstić information content (AvgIpc) is 4.10. The van der Waals surface area contributed by atoms with Crippen molar-refractivity contribution in [1.29, 1.82) is 0 Å². The van der Waals surface area contributed by atoms with E-state index in [2.05, 4.69) is 229 Å². The molecule has 0 amide bonds. The number of rotatable bonds is 6. The van der Waals surface area contributed by atoms with E-state index in [0.29, 0.717) is 0 Å². The summed E-state index contributed by atoms with van der Waals surface area (Å²) >= 11 is 1.87. The summed E-state index contributed by atoms with van der Waals surface area (Å²) < 4.78 is 15.6. The minimum absolute atomic E-state index is 0.145. The number of hydrogen-bond donors (Lipinski definition) is 0. The summed E-state index contributed by atoms with van der Waals surface area (Å²) in [6.07, 6.45) is 1.52. The molecule has 0 fully saturated rings. The van der Waals surface area contributed by atoms with Crippen LogP contribution in [0.25, 0.3) is 75.8 Å². The van der Waals surface area contributed by atoms with E-state index in [-0.39, 0.29) is 5.92 Å². The number of hydrogen-bond acceptors (Lipinski definition) is 4. The van der Waals surface area contributed by atoms with Crippen molar-refractivity contribution < 1.29 is 9.15 Å². The van der Waals surface area contributed by atoms with Crippen LogP contribution in [0.1, 0.15) is 44.9 Å². The molecule has 3 heterocycles. The standard InChI is InChI=1S/C63H39NO2S/c1-3-13-39(14-4-1)41-23-25-42(26-24-41)61(51-35-46(44-29-32-56-59(36-44)65-38-64-56)34-50-48-18-8-12-22-60(48)67-62(50)51)45-28-31-55-58(37-45)66-57-21-11-10-20-54(57)63(55)52-19-9-7-17-47(52)49-33-43(27-30-53(49)63)40-15-5-2-6-16-40/h1-38,61H. The van der Waals surface area contributed by atoms with E-state index in [9.17, 15) is 0 Å².